The standard InChI is InChI=1S/C13H16N4O2S/c1-8-6-12(17-16-8)15-13(19)7-10(14-9(2)18)11-4-3-5-20-11/h3-6,10H,7H2,1-2H3,(H,14,18)(H2,15,16,17,19). The van der Waals surface area contributed by atoms with Gasteiger partial charge in [0.05, 0.1) is 12.5 Å². The number of aromatic nitrogens is 2. The third-order valence-corrected chi connectivity index (χ3v) is 3.61. The lowest BCUT2D eigenvalue weighted by molar-refractivity contribution is -0.120. The topological polar surface area (TPSA) is 86.9 Å². The van der Waals surface area contributed by atoms with Crippen molar-refractivity contribution in [2.24, 2.45) is 0 Å². The summed E-state index contributed by atoms with van der Waals surface area (Å²) in [7, 11) is 0. The predicted molar refractivity (Wildman–Crippen MR) is 77.4 cm³/mol. The fourth-order valence-corrected chi connectivity index (χ4v) is 2.60. The van der Waals surface area contributed by atoms with Gasteiger partial charge in [0.25, 0.3) is 0 Å². The molecule has 6 nitrogen and oxygen atoms in total. The Morgan fingerprint density at radius 3 is 2.85 bits per heavy atom. The Bertz CT molecular complexity index is 591. The molecule has 106 valence electrons. The molecule has 20 heavy (non-hydrogen) atoms. The lowest BCUT2D eigenvalue weighted by Gasteiger charge is -2.15. The number of rotatable bonds is 5. The third-order valence-electron chi connectivity index (χ3n) is 2.63. The Hall–Kier alpha value is -2.15. The first kappa shape index (κ1) is 14.3. The number of aromatic amines is 1. The van der Waals surface area contributed by atoms with E-state index in [1.165, 1.54) is 18.3 Å². The van der Waals surface area contributed by atoms with Gasteiger partial charge in [-0.15, -0.1) is 11.3 Å². The summed E-state index contributed by atoms with van der Waals surface area (Å²) in [5, 5.41) is 14.1. The van der Waals surface area contributed by atoms with Gasteiger partial charge in [-0.25, -0.2) is 0 Å². The minimum atomic E-state index is -0.312. The van der Waals surface area contributed by atoms with Crippen molar-refractivity contribution in [3.8, 4) is 0 Å². The minimum Gasteiger partial charge on any atom is -0.348 e. The molecule has 0 aliphatic heterocycles. The average Bonchev–Trinajstić information content (AvgIpc) is 2.99. The summed E-state index contributed by atoms with van der Waals surface area (Å²) in [6.07, 6.45) is 0.173. The van der Waals surface area contributed by atoms with Gasteiger partial charge in [0.2, 0.25) is 11.8 Å². The van der Waals surface area contributed by atoms with E-state index in [9.17, 15) is 9.59 Å². The van der Waals surface area contributed by atoms with Crippen LogP contribution in [0.3, 0.4) is 0 Å². The van der Waals surface area contributed by atoms with Crippen molar-refractivity contribution in [3.63, 3.8) is 0 Å². The number of hydrogen-bond acceptors (Lipinski definition) is 4. The zero-order valence-electron chi connectivity index (χ0n) is 11.3. The van der Waals surface area contributed by atoms with Crippen LogP contribution in [0.5, 0.6) is 0 Å². The lowest BCUT2D eigenvalue weighted by Crippen LogP contribution is -2.29. The largest absolute Gasteiger partial charge is 0.348 e. The van der Waals surface area contributed by atoms with E-state index in [0.29, 0.717) is 5.82 Å². The van der Waals surface area contributed by atoms with Crippen LogP contribution in [0.1, 0.15) is 30.0 Å². The fourth-order valence-electron chi connectivity index (χ4n) is 1.82. The van der Waals surface area contributed by atoms with Gasteiger partial charge in [-0.1, -0.05) is 6.07 Å². The van der Waals surface area contributed by atoms with E-state index in [-0.39, 0.29) is 24.3 Å². The van der Waals surface area contributed by atoms with Crippen LogP contribution >= 0.6 is 11.3 Å². The third kappa shape index (κ3) is 3.92. The summed E-state index contributed by atoms with van der Waals surface area (Å²) in [6, 6.07) is 5.23. The molecule has 7 heteroatoms. The summed E-state index contributed by atoms with van der Waals surface area (Å²) in [5.74, 6) is 0.135. The number of nitrogens with one attached hydrogen (secondary N) is 3. The molecule has 0 radical (unpaired) electrons. The highest BCUT2D eigenvalue weighted by Crippen LogP contribution is 2.22. The smallest absolute Gasteiger partial charge is 0.228 e. The second-order valence-corrected chi connectivity index (χ2v) is 5.44. The normalized spacial score (nSPS) is 11.9. The maximum absolute atomic E-state index is 12.0. The van der Waals surface area contributed by atoms with E-state index in [0.717, 1.165) is 10.6 Å². The van der Waals surface area contributed by atoms with E-state index in [4.69, 9.17) is 0 Å². The Morgan fingerprint density at radius 1 is 1.50 bits per heavy atom. The van der Waals surface area contributed by atoms with Gasteiger partial charge >= 0.3 is 0 Å². The molecule has 0 bridgehead atoms. The highest BCUT2D eigenvalue weighted by atomic mass is 32.1. The van der Waals surface area contributed by atoms with Crippen molar-refractivity contribution in [1.29, 1.82) is 0 Å². The number of hydrogen-bond donors (Lipinski definition) is 3. The van der Waals surface area contributed by atoms with E-state index in [1.54, 1.807) is 6.07 Å². The van der Waals surface area contributed by atoms with Crippen molar-refractivity contribution in [1.82, 2.24) is 15.5 Å². The lowest BCUT2D eigenvalue weighted by atomic mass is 10.1. The number of thiophene rings is 1. The summed E-state index contributed by atoms with van der Waals surface area (Å²) < 4.78 is 0. The second kappa shape index (κ2) is 6.33. The van der Waals surface area contributed by atoms with Gasteiger partial charge in [0, 0.05) is 23.6 Å². The first-order valence-corrected chi connectivity index (χ1v) is 7.05. The molecule has 2 aromatic heterocycles. The van der Waals surface area contributed by atoms with E-state index >= 15 is 0 Å². The Labute approximate surface area is 120 Å². The van der Waals surface area contributed by atoms with Gasteiger partial charge < -0.3 is 10.6 Å². The number of H-pyrrole nitrogens is 1. The number of aryl methyl sites for hydroxylation is 1. The number of amides is 2. The number of carbonyl (C=O) groups is 2. The van der Waals surface area contributed by atoms with E-state index in [1.807, 2.05) is 24.4 Å². The van der Waals surface area contributed by atoms with Crippen LogP contribution in [-0.2, 0) is 9.59 Å². The van der Waals surface area contributed by atoms with Crippen molar-refractivity contribution < 1.29 is 9.59 Å². The molecule has 0 saturated heterocycles. The van der Waals surface area contributed by atoms with Crippen LogP contribution in [0.2, 0.25) is 0 Å². The summed E-state index contributed by atoms with van der Waals surface area (Å²) >= 11 is 1.51. The average molecular weight is 292 g/mol. The van der Waals surface area contributed by atoms with Crippen molar-refractivity contribution in [3.05, 3.63) is 34.2 Å². The van der Waals surface area contributed by atoms with Gasteiger partial charge in [0.1, 0.15) is 0 Å². The monoisotopic (exact) mass is 292 g/mol. The van der Waals surface area contributed by atoms with Gasteiger partial charge in [0.15, 0.2) is 5.82 Å². The number of nitrogens with zero attached hydrogens (tertiary/aromatic N) is 1. The molecule has 2 rings (SSSR count). The zero-order valence-corrected chi connectivity index (χ0v) is 12.1. The summed E-state index contributed by atoms with van der Waals surface area (Å²) in [4.78, 5) is 24.2. The van der Waals surface area contributed by atoms with Gasteiger partial charge in [-0.05, 0) is 18.4 Å². The molecule has 3 N–H and O–H groups in total. The molecule has 1 atom stereocenters. The zero-order chi connectivity index (χ0) is 14.5. The van der Waals surface area contributed by atoms with Crippen molar-refractivity contribution >= 4 is 29.0 Å². The fraction of sp³-hybridized carbons (Fsp3) is 0.308. The van der Waals surface area contributed by atoms with Crippen LogP contribution in [0, 0.1) is 6.92 Å². The Morgan fingerprint density at radius 2 is 2.30 bits per heavy atom. The Kier molecular flexibility index (Phi) is 4.52. The van der Waals surface area contributed by atoms with Crippen LogP contribution in [0.15, 0.2) is 23.6 Å². The van der Waals surface area contributed by atoms with Crippen LogP contribution in [0.25, 0.3) is 0 Å². The quantitative estimate of drug-likeness (QED) is 0.787. The molecular weight excluding hydrogens is 276 g/mol. The minimum absolute atomic E-state index is 0.160. The van der Waals surface area contributed by atoms with E-state index < -0.39 is 0 Å². The summed E-state index contributed by atoms with van der Waals surface area (Å²) in [6.45, 7) is 3.30. The maximum Gasteiger partial charge on any atom is 0.228 e. The highest BCUT2D eigenvalue weighted by Gasteiger charge is 2.18. The maximum atomic E-state index is 12.0. The molecule has 2 amide bonds. The molecule has 0 saturated carbocycles. The molecule has 0 aliphatic rings. The highest BCUT2D eigenvalue weighted by molar-refractivity contribution is 7.10. The molecule has 0 aliphatic carbocycles. The molecule has 1 unspecified atom stereocenters. The van der Waals surface area contributed by atoms with Crippen LogP contribution < -0.4 is 10.6 Å². The van der Waals surface area contributed by atoms with Crippen molar-refractivity contribution in [2.75, 3.05) is 5.32 Å². The van der Waals surface area contributed by atoms with Gasteiger partial charge in [-0.2, -0.15) is 5.10 Å². The van der Waals surface area contributed by atoms with Crippen molar-refractivity contribution in [2.45, 2.75) is 26.3 Å². The van der Waals surface area contributed by atoms with Crippen LogP contribution in [0.4, 0.5) is 5.82 Å². The van der Waals surface area contributed by atoms with Gasteiger partial charge in [-0.3, -0.25) is 14.7 Å². The molecule has 2 aromatic rings. The molecule has 0 fully saturated rings. The SMILES string of the molecule is CC(=O)NC(CC(=O)Nc1cc(C)[nH]n1)c1cccs1. The Balaban J connectivity index is 2.00. The second-order valence-electron chi connectivity index (χ2n) is 4.46. The predicted octanol–water partition coefficient (Wildman–Crippen LogP) is 1.99. The number of anilines is 1. The molecule has 2 heterocycles. The molecule has 0 spiro atoms. The molecular formula is C13H16N4O2S. The molecule has 0 aromatic carbocycles. The summed E-state index contributed by atoms with van der Waals surface area (Å²) in [5.41, 5.74) is 0.872. The first-order chi connectivity index (χ1) is 9.54. The number of carbonyl (C=O) groups excluding carboxylic acids is 2. The van der Waals surface area contributed by atoms with Crippen LogP contribution in [-0.4, -0.2) is 22.0 Å². The van der Waals surface area contributed by atoms with E-state index in [2.05, 4.69) is 20.8 Å². The first-order valence-electron chi connectivity index (χ1n) is 6.17.